The highest BCUT2D eigenvalue weighted by Crippen LogP contribution is 2.20. The van der Waals surface area contributed by atoms with Gasteiger partial charge in [-0.1, -0.05) is 30.3 Å². The van der Waals surface area contributed by atoms with Crippen molar-refractivity contribution in [3.63, 3.8) is 0 Å². The molecule has 0 saturated heterocycles. The van der Waals surface area contributed by atoms with Gasteiger partial charge in [-0.25, -0.2) is 0 Å². The first-order valence-electron chi connectivity index (χ1n) is 5.62. The Balaban J connectivity index is 2.33. The Morgan fingerprint density at radius 2 is 1.78 bits per heavy atom. The quantitative estimate of drug-likeness (QED) is 0.836. The predicted molar refractivity (Wildman–Crippen MR) is 70.7 cm³/mol. The average Bonchev–Trinajstić information content (AvgIpc) is 2.46. The summed E-state index contributed by atoms with van der Waals surface area (Å²) in [6, 6.07) is 14.6. The second kappa shape index (κ2) is 5.27. The summed E-state index contributed by atoms with van der Waals surface area (Å²) in [5, 5.41) is 2.57. The number of benzene rings is 2. The summed E-state index contributed by atoms with van der Waals surface area (Å²) in [5.41, 5.74) is 3.20. The summed E-state index contributed by atoms with van der Waals surface area (Å²) in [6.45, 7) is 0. The summed E-state index contributed by atoms with van der Waals surface area (Å²) >= 11 is 0. The number of rotatable bonds is 3. The lowest BCUT2D eigenvalue weighted by Gasteiger charge is -2.04. The van der Waals surface area contributed by atoms with Crippen LogP contribution in [-0.2, 0) is 0 Å². The number of carbonyl (C=O) groups excluding carboxylic acids is 2. The molecule has 0 aromatic heterocycles. The van der Waals surface area contributed by atoms with Crippen molar-refractivity contribution in [3.05, 3.63) is 59.7 Å². The molecule has 0 aliphatic rings. The van der Waals surface area contributed by atoms with Crippen LogP contribution in [0.25, 0.3) is 11.1 Å². The second-order valence-electron chi connectivity index (χ2n) is 3.90. The number of amides is 1. The third kappa shape index (κ3) is 2.46. The summed E-state index contributed by atoms with van der Waals surface area (Å²) in [4.78, 5) is 22.1. The van der Waals surface area contributed by atoms with Gasteiger partial charge in [-0.05, 0) is 29.3 Å². The van der Waals surface area contributed by atoms with Gasteiger partial charge >= 0.3 is 0 Å². The molecule has 2 aromatic rings. The zero-order chi connectivity index (χ0) is 13.0. The first-order valence-corrected chi connectivity index (χ1v) is 5.62. The Morgan fingerprint density at radius 3 is 2.39 bits per heavy atom. The van der Waals surface area contributed by atoms with Gasteiger partial charge in [-0.3, -0.25) is 9.59 Å². The maximum Gasteiger partial charge on any atom is 0.251 e. The average molecular weight is 239 g/mol. The molecule has 0 radical (unpaired) electrons. The third-order valence-electron chi connectivity index (χ3n) is 2.73. The van der Waals surface area contributed by atoms with E-state index in [9.17, 15) is 9.59 Å². The number of carbonyl (C=O) groups is 2. The molecule has 0 saturated carbocycles. The Hall–Kier alpha value is -2.42. The molecule has 0 atom stereocenters. The van der Waals surface area contributed by atoms with E-state index in [0.29, 0.717) is 11.1 Å². The number of hydrogen-bond acceptors (Lipinski definition) is 2. The molecule has 1 N–H and O–H groups in total. The van der Waals surface area contributed by atoms with Crippen LogP contribution >= 0.6 is 0 Å². The van der Waals surface area contributed by atoms with Crippen LogP contribution in [0.2, 0.25) is 0 Å². The SMILES string of the molecule is CNC(=O)c1ccc(-c2cccc(C=O)c2)cc1. The molecule has 0 spiro atoms. The fraction of sp³-hybridized carbons (Fsp3) is 0.0667. The van der Waals surface area contributed by atoms with Gasteiger partial charge in [0.2, 0.25) is 0 Å². The molecule has 2 aromatic carbocycles. The number of hydrogen-bond donors (Lipinski definition) is 1. The van der Waals surface area contributed by atoms with E-state index in [1.165, 1.54) is 0 Å². The maximum absolute atomic E-state index is 11.4. The Labute approximate surface area is 105 Å². The number of aldehydes is 1. The van der Waals surface area contributed by atoms with Crippen LogP contribution in [0.1, 0.15) is 20.7 Å². The zero-order valence-corrected chi connectivity index (χ0v) is 10.0. The van der Waals surface area contributed by atoms with Crippen molar-refractivity contribution < 1.29 is 9.59 Å². The smallest absolute Gasteiger partial charge is 0.251 e. The maximum atomic E-state index is 11.4. The Morgan fingerprint density at radius 1 is 1.06 bits per heavy atom. The lowest BCUT2D eigenvalue weighted by atomic mass is 10.0. The minimum Gasteiger partial charge on any atom is -0.355 e. The largest absolute Gasteiger partial charge is 0.355 e. The summed E-state index contributed by atoms with van der Waals surface area (Å²) < 4.78 is 0. The highest BCUT2D eigenvalue weighted by molar-refractivity contribution is 5.94. The molecule has 0 aliphatic heterocycles. The van der Waals surface area contributed by atoms with Crippen LogP contribution in [0, 0.1) is 0 Å². The first-order chi connectivity index (χ1) is 8.74. The summed E-state index contributed by atoms with van der Waals surface area (Å²) in [7, 11) is 1.60. The van der Waals surface area contributed by atoms with E-state index in [-0.39, 0.29) is 5.91 Å². The zero-order valence-electron chi connectivity index (χ0n) is 10.0. The first kappa shape index (κ1) is 12.0. The molecular formula is C15H13NO2. The van der Waals surface area contributed by atoms with Crippen molar-refractivity contribution in [2.24, 2.45) is 0 Å². The van der Waals surface area contributed by atoms with E-state index in [1.807, 2.05) is 30.3 Å². The van der Waals surface area contributed by atoms with E-state index < -0.39 is 0 Å². The third-order valence-corrected chi connectivity index (χ3v) is 2.73. The predicted octanol–water partition coefficient (Wildman–Crippen LogP) is 2.53. The van der Waals surface area contributed by atoms with Gasteiger partial charge < -0.3 is 5.32 Å². The molecule has 3 heteroatoms. The van der Waals surface area contributed by atoms with Gasteiger partial charge in [0.25, 0.3) is 5.91 Å². The minimum atomic E-state index is -0.108. The molecule has 18 heavy (non-hydrogen) atoms. The summed E-state index contributed by atoms with van der Waals surface area (Å²) in [5.74, 6) is -0.108. The van der Waals surface area contributed by atoms with Crippen molar-refractivity contribution in [1.82, 2.24) is 5.32 Å². The Bertz CT molecular complexity index is 573. The van der Waals surface area contributed by atoms with Gasteiger partial charge in [-0.2, -0.15) is 0 Å². The molecule has 0 bridgehead atoms. The van der Waals surface area contributed by atoms with Crippen LogP contribution in [0.15, 0.2) is 48.5 Å². The molecule has 2 rings (SSSR count). The molecule has 0 unspecified atom stereocenters. The monoisotopic (exact) mass is 239 g/mol. The molecule has 3 nitrogen and oxygen atoms in total. The summed E-state index contributed by atoms with van der Waals surface area (Å²) in [6.07, 6.45) is 0.822. The van der Waals surface area contributed by atoms with E-state index in [2.05, 4.69) is 5.32 Å². The molecule has 1 amide bonds. The van der Waals surface area contributed by atoms with Crippen molar-refractivity contribution in [1.29, 1.82) is 0 Å². The van der Waals surface area contributed by atoms with Crippen LogP contribution < -0.4 is 5.32 Å². The van der Waals surface area contributed by atoms with Crippen LogP contribution in [-0.4, -0.2) is 19.2 Å². The number of nitrogens with one attached hydrogen (secondary N) is 1. The molecule has 0 heterocycles. The fourth-order valence-electron chi connectivity index (χ4n) is 1.75. The van der Waals surface area contributed by atoms with Crippen molar-refractivity contribution in [2.75, 3.05) is 7.05 Å². The van der Waals surface area contributed by atoms with Gasteiger partial charge in [0, 0.05) is 18.2 Å². The highest BCUT2D eigenvalue weighted by atomic mass is 16.1. The lowest BCUT2D eigenvalue weighted by Crippen LogP contribution is -2.17. The van der Waals surface area contributed by atoms with Crippen LogP contribution in [0.4, 0.5) is 0 Å². The minimum absolute atomic E-state index is 0.108. The second-order valence-corrected chi connectivity index (χ2v) is 3.90. The molecule has 90 valence electrons. The molecule has 0 fully saturated rings. The Kier molecular flexibility index (Phi) is 3.53. The molecule has 0 aliphatic carbocycles. The van der Waals surface area contributed by atoms with Gasteiger partial charge in [-0.15, -0.1) is 0 Å². The standard InChI is InChI=1S/C15H13NO2/c1-16-15(18)13-7-5-12(6-8-13)14-4-2-3-11(9-14)10-17/h2-10H,1H3,(H,16,18). The van der Waals surface area contributed by atoms with E-state index in [0.717, 1.165) is 17.4 Å². The van der Waals surface area contributed by atoms with E-state index in [4.69, 9.17) is 0 Å². The highest BCUT2D eigenvalue weighted by Gasteiger charge is 2.03. The fourth-order valence-corrected chi connectivity index (χ4v) is 1.75. The van der Waals surface area contributed by atoms with E-state index >= 15 is 0 Å². The van der Waals surface area contributed by atoms with Gasteiger partial charge in [0.05, 0.1) is 0 Å². The van der Waals surface area contributed by atoms with Crippen molar-refractivity contribution in [3.8, 4) is 11.1 Å². The van der Waals surface area contributed by atoms with E-state index in [1.54, 1.807) is 25.2 Å². The molecular weight excluding hydrogens is 226 g/mol. The van der Waals surface area contributed by atoms with Crippen LogP contribution in [0.3, 0.4) is 0 Å². The van der Waals surface area contributed by atoms with Crippen LogP contribution in [0.5, 0.6) is 0 Å². The van der Waals surface area contributed by atoms with Gasteiger partial charge in [0.15, 0.2) is 0 Å². The normalized spacial score (nSPS) is 9.83. The topological polar surface area (TPSA) is 46.2 Å². The van der Waals surface area contributed by atoms with Gasteiger partial charge in [0.1, 0.15) is 6.29 Å². The van der Waals surface area contributed by atoms with Crippen molar-refractivity contribution >= 4 is 12.2 Å². The van der Waals surface area contributed by atoms with Crippen molar-refractivity contribution in [2.45, 2.75) is 0 Å². The lowest BCUT2D eigenvalue weighted by molar-refractivity contribution is 0.0963.